The van der Waals surface area contributed by atoms with Gasteiger partial charge in [-0.15, -0.1) is 0 Å². The van der Waals surface area contributed by atoms with Crippen LogP contribution in [0.5, 0.6) is 11.5 Å². The summed E-state index contributed by atoms with van der Waals surface area (Å²) in [5.74, 6) is 1.73. The highest BCUT2D eigenvalue weighted by Gasteiger charge is 2.26. The van der Waals surface area contributed by atoms with Crippen LogP contribution in [-0.2, 0) is 5.41 Å². The molecule has 0 atom stereocenters. The number of benzene rings is 1. The Morgan fingerprint density at radius 3 is 2.39 bits per heavy atom. The lowest BCUT2D eigenvalue weighted by Crippen LogP contribution is -2.36. The Morgan fingerprint density at radius 2 is 1.89 bits per heavy atom. The summed E-state index contributed by atoms with van der Waals surface area (Å²) in [6, 6.07) is 4.04. The predicted molar refractivity (Wildman–Crippen MR) is 74.4 cm³/mol. The first-order chi connectivity index (χ1) is 8.47. The fourth-order valence-electron chi connectivity index (χ4n) is 2.17. The number of hydrogen-bond donors (Lipinski definition) is 2. The topological polar surface area (TPSA) is 56.5 Å². The van der Waals surface area contributed by atoms with E-state index in [-0.39, 0.29) is 5.41 Å². The van der Waals surface area contributed by atoms with Gasteiger partial charge in [0.15, 0.2) is 0 Å². The van der Waals surface area contributed by atoms with Crippen molar-refractivity contribution in [3.05, 3.63) is 23.3 Å². The molecule has 0 heterocycles. The van der Waals surface area contributed by atoms with Crippen molar-refractivity contribution >= 4 is 0 Å². The number of nitrogens with two attached hydrogens (primary N) is 1. The molecule has 3 N–H and O–H groups in total. The van der Waals surface area contributed by atoms with Crippen LogP contribution in [0, 0.1) is 6.92 Å². The molecule has 0 aliphatic heterocycles. The van der Waals surface area contributed by atoms with E-state index in [9.17, 15) is 0 Å². The molecular formula is C14H24N2O2. The van der Waals surface area contributed by atoms with E-state index >= 15 is 0 Å². The van der Waals surface area contributed by atoms with Crippen molar-refractivity contribution in [2.24, 2.45) is 5.73 Å². The summed E-state index contributed by atoms with van der Waals surface area (Å²) in [6.45, 7) is 7.61. The molecule has 4 nitrogen and oxygen atoms in total. The quantitative estimate of drug-likeness (QED) is 0.758. The maximum atomic E-state index is 5.55. The van der Waals surface area contributed by atoms with Crippen LogP contribution in [0.25, 0.3) is 0 Å². The average molecular weight is 252 g/mol. The van der Waals surface area contributed by atoms with Gasteiger partial charge in [0.25, 0.3) is 0 Å². The summed E-state index contributed by atoms with van der Waals surface area (Å²) < 4.78 is 10.9. The summed E-state index contributed by atoms with van der Waals surface area (Å²) in [4.78, 5) is 0. The van der Waals surface area contributed by atoms with Crippen LogP contribution in [0.4, 0.5) is 0 Å². The minimum Gasteiger partial charge on any atom is -0.496 e. The largest absolute Gasteiger partial charge is 0.496 e. The molecule has 4 heteroatoms. The van der Waals surface area contributed by atoms with Gasteiger partial charge in [0.1, 0.15) is 11.5 Å². The van der Waals surface area contributed by atoms with Crippen LogP contribution in [0.15, 0.2) is 12.1 Å². The highest BCUT2D eigenvalue weighted by atomic mass is 16.5. The van der Waals surface area contributed by atoms with Crippen LogP contribution in [0.1, 0.15) is 25.0 Å². The Balaban J connectivity index is 3.19. The summed E-state index contributed by atoms with van der Waals surface area (Å²) in [5.41, 5.74) is 7.63. The minimum atomic E-state index is -0.0538. The van der Waals surface area contributed by atoms with Crippen LogP contribution >= 0.6 is 0 Å². The molecule has 102 valence electrons. The first-order valence-electron chi connectivity index (χ1n) is 6.10. The Kier molecular flexibility index (Phi) is 4.99. The standard InChI is InChI=1S/C14H24N2O2/c1-10-12(17-4)7-6-11(13(10)18-5)14(2,3)8-16-9-15/h6-7,16H,8-9,15H2,1-5H3. The molecule has 0 unspecified atom stereocenters. The highest BCUT2D eigenvalue weighted by molar-refractivity contribution is 5.52. The summed E-state index contributed by atoms with van der Waals surface area (Å²) in [5, 5.41) is 3.18. The van der Waals surface area contributed by atoms with Crippen LogP contribution in [-0.4, -0.2) is 27.4 Å². The van der Waals surface area contributed by atoms with E-state index < -0.39 is 0 Å². The van der Waals surface area contributed by atoms with Gasteiger partial charge in [-0.2, -0.15) is 0 Å². The van der Waals surface area contributed by atoms with Gasteiger partial charge in [-0.1, -0.05) is 19.9 Å². The molecule has 0 saturated heterocycles. The first-order valence-corrected chi connectivity index (χ1v) is 6.10. The van der Waals surface area contributed by atoms with E-state index in [1.54, 1.807) is 14.2 Å². The summed E-state index contributed by atoms with van der Waals surface area (Å²) >= 11 is 0. The monoisotopic (exact) mass is 252 g/mol. The number of rotatable bonds is 6. The third kappa shape index (κ3) is 2.94. The Hall–Kier alpha value is -1.26. The fraction of sp³-hybridized carbons (Fsp3) is 0.571. The lowest BCUT2D eigenvalue weighted by atomic mass is 9.83. The van der Waals surface area contributed by atoms with Crippen molar-refractivity contribution in [2.45, 2.75) is 26.2 Å². The third-order valence-corrected chi connectivity index (χ3v) is 3.22. The van der Waals surface area contributed by atoms with Gasteiger partial charge in [-0.25, -0.2) is 0 Å². The lowest BCUT2D eigenvalue weighted by Gasteiger charge is -2.28. The van der Waals surface area contributed by atoms with E-state index in [0.717, 1.165) is 29.2 Å². The number of nitrogens with one attached hydrogen (secondary N) is 1. The average Bonchev–Trinajstić information content (AvgIpc) is 2.36. The SMILES string of the molecule is COc1ccc(C(C)(C)CNCN)c(OC)c1C. The van der Waals surface area contributed by atoms with Gasteiger partial charge >= 0.3 is 0 Å². The zero-order chi connectivity index (χ0) is 13.8. The minimum absolute atomic E-state index is 0.0538. The summed E-state index contributed by atoms with van der Waals surface area (Å²) in [7, 11) is 3.36. The molecule has 0 saturated carbocycles. The van der Waals surface area contributed by atoms with Crippen LogP contribution in [0.2, 0.25) is 0 Å². The molecule has 18 heavy (non-hydrogen) atoms. The van der Waals surface area contributed by atoms with Crippen molar-refractivity contribution < 1.29 is 9.47 Å². The first kappa shape index (κ1) is 14.8. The fourth-order valence-corrected chi connectivity index (χ4v) is 2.17. The van der Waals surface area contributed by atoms with E-state index in [1.165, 1.54) is 0 Å². The van der Waals surface area contributed by atoms with Crippen molar-refractivity contribution in [1.82, 2.24) is 5.32 Å². The number of methoxy groups -OCH3 is 2. The van der Waals surface area contributed by atoms with Crippen molar-refractivity contribution in [1.29, 1.82) is 0 Å². The molecule has 0 spiro atoms. The second kappa shape index (κ2) is 6.07. The summed E-state index contributed by atoms with van der Waals surface area (Å²) in [6.07, 6.45) is 0. The number of ether oxygens (including phenoxy) is 2. The normalized spacial score (nSPS) is 11.4. The second-order valence-electron chi connectivity index (χ2n) is 4.99. The Bertz CT molecular complexity index is 403. The van der Waals surface area contributed by atoms with Gasteiger partial charge in [0, 0.05) is 29.8 Å². The van der Waals surface area contributed by atoms with E-state index in [2.05, 4.69) is 25.2 Å². The molecule has 0 radical (unpaired) electrons. The molecule has 0 amide bonds. The molecule has 1 rings (SSSR count). The molecule has 0 bridgehead atoms. The maximum absolute atomic E-state index is 5.55. The van der Waals surface area contributed by atoms with Gasteiger partial charge in [-0.05, 0) is 13.0 Å². The molecule has 0 aromatic heterocycles. The van der Waals surface area contributed by atoms with E-state index in [0.29, 0.717) is 6.67 Å². The van der Waals surface area contributed by atoms with Crippen LogP contribution in [0.3, 0.4) is 0 Å². The van der Waals surface area contributed by atoms with Gasteiger partial charge in [0.2, 0.25) is 0 Å². The molecule has 0 fully saturated rings. The van der Waals surface area contributed by atoms with Crippen LogP contribution < -0.4 is 20.5 Å². The molecule has 1 aromatic rings. The zero-order valence-corrected chi connectivity index (χ0v) is 12.0. The van der Waals surface area contributed by atoms with Gasteiger partial charge in [-0.3, -0.25) is 0 Å². The Morgan fingerprint density at radius 1 is 1.22 bits per heavy atom. The molecule has 1 aromatic carbocycles. The van der Waals surface area contributed by atoms with Crippen molar-refractivity contribution in [3.63, 3.8) is 0 Å². The second-order valence-corrected chi connectivity index (χ2v) is 4.99. The third-order valence-electron chi connectivity index (χ3n) is 3.22. The lowest BCUT2D eigenvalue weighted by molar-refractivity contribution is 0.370. The Labute approximate surface area is 109 Å². The predicted octanol–water partition coefficient (Wildman–Crippen LogP) is 1.80. The van der Waals surface area contributed by atoms with E-state index in [4.69, 9.17) is 15.2 Å². The smallest absolute Gasteiger partial charge is 0.129 e. The van der Waals surface area contributed by atoms with Gasteiger partial charge < -0.3 is 20.5 Å². The zero-order valence-electron chi connectivity index (χ0n) is 12.0. The molecular weight excluding hydrogens is 228 g/mol. The van der Waals surface area contributed by atoms with Crippen molar-refractivity contribution in [3.8, 4) is 11.5 Å². The van der Waals surface area contributed by atoms with E-state index in [1.807, 2.05) is 13.0 Å². The highest BCUT2D eigenvalue weighted by Crippen LogP contribution is 2.37. The molecule has 0 aliphatic carbocycles. The maximum Gasteiger partial charge on any atom is 0.129 e. The van der Waals surface area contributed by atoms with Crippen molar-refractivity contribution in [2.75, 3.05) is 27.4 Å². The molecule has 0 aliphatic rings. The number of hydrogen-bond acceptors (Lipinski definition) is 4. The van der Waals surface area contributed by atoms with Gasteiger partial charge in [0.05, 0.1) is 14.2 Å².